The van der Waals surface area contributed by atoms with Gasteiger partial charge in [0.05, 0.1) is 36.0 Å². The van der Waals surface area contributed by atoms with Crippen LogP contribution in [-0.2, 0) is 4.74 Å². The summed E-state index contributed by atoms with van der Waals surface area (Å²) >= 11 is 11.9. The van der Waals surface area contributed by atoms with Gasteiger partial charge in [-0.05, 0) is 48.6 Å². The molecule has 0 amide bonds. The van der Waals surface area contributed by atoms with Crippen LogP contribution in [0.4, 0.5) is 0 Å². The summed E-state index contributed by atoms with van der Waals surface area (Å²) in [6, 6.07) is 13.9. The molecule has 2 saturated heterocycles. The van der Waals surface area contributed by atoms with E-state index >= 15 is 0 Å². The molecule has 0 unspecified atom stereocenters. The lowest BCUT2D eigenvalue weighted by Crippen LogP contribution is -2.42. The van der Waals surface area contributed by atoms with E-state index in [1.807, 2.05) is 48.8 Å². The number of nitrogens with one attached hydrogen (secondary N) is 1. The second-order valence-corrected chi connectivity index (χ2v) is 8.73. The number of aromatic nitrogens is 3. The van der Waals surface area contributed by atoms with E-state index in [0.717, 1.165) is 61.7 Å². The van der Waals surface area contributed by atoms with Crippen molar-refractivity contribution in [3.63, 3.8) is 0 Å². The van der Waals surface area contributed by atoms with E-state index in [1.165, 1.54) is 0 Å². The van der Waals surface area contributed by atoms with Crippen LogP contribution in [0.1, 0.15) is 23.5 Å². The molecule has 166 valence electrons. The van der Waals surface area contributed by atoms with Crippen LogP contribution in [0.15, 0.2) is 61.1 Å². The Bertz CT molecular complexity index is 1050. The van der Waals surface area contributed by atoms with Crippen LogP contribution in [0.5, 0.6) is 0 Å². The Hall–Kier alpha value is -2.52. The minimum Gasteiger partial charge on any atom is -0.379 e. The fourth-order valence-corrected chi connectivity index (χ4v) is 4.84. The molecule has 0 aromatic carbocycles. The minimum absolute atomic E-state index is 0.0223. The fraction of sp³-hybridized carbons (Fsp3) is 0.348. The number of hydrogen-bond donors (Lipinski definition) is 1. The van der Waals surface area contributed by atoms with Crippen molar-refractivity contribution in [1.29, 1.82) is 0 Å². The lowest BCUT2D eigenvalue weighted by molar-refractivity contribution is 0.0349. The number of nitrogens with zero attached hydrogens (tertiary/aromatic N) is 5. The molecule has 2 atom stereocenters. The van der Waals surface area contributed by atoms with Gasteiger partial charge in [-0.15, -0.1) is 0 Å². The molecule has 2 aliphatic rings. The van der Waals surface area contributed by atoms with Crippen molar-refractivity contribution in [2.24, 2.45) is 0 Å². The van der Waals surface area contributed by atoms with Crippen molar-refractivity contribution in [3.8, 4) is 5.82 Å². The van der Waals surface area contributed by atoms with E-state index in [-0.39, 0.29) is 12.1 Å². The number of ether oxygens (including phenoxy) is 1. The first kappa shape index (κ1) is 21.3. The Labute approximate surface area is 198 Å². The van der Waals surface area contributed by atoms with Gasteiger partial charge in [-0.2, -0.15) is 0 Å². The predicted octanol–water partition coefficient (Wildman–Crippen LogP) is 3.23. The van der Waals surface area contributed by atoms with Gasteiger partial charge in [-0.25, -0.2) is 4.98 Å². The molecular formula is C23H25ClN6OS. The Morgan fingerprint density at radius 1 is 1.06 bits per heavy atom. The van der Waals surface area contributed by atoms with E-state index in [4.69, 9.17) is 28.6 Å². The van der Waals surface area contributed by atoms with E-state index in [9.17, 15) is 0 Å². The van der Waals surface area contributed by atoms with Crippen LogP contribution in [0.3, 0.4) is 0 Å². The highest BCUT2D eigenvalue weighted by atomic mass is 35.5. The highest BCUT2D eigenvalue weighted by Gasteiger charge is 2.41. The van der Waals surface area contributed by atoms with Crippen molar-refractivity contribution < 1.29 is 4.74 Å². The maximum absolute atomic E-state index is 6.07. The second-order valence-electron chi connectivity index (χ2n) is 7.91. The quantitative estimate of drug-likeness (QED) is 0.557. The van der Waals surface area contributed by atoms with Crippen LogP contribution < -0.4 is 5.32 Å². The monoisotopic (exact) mass is 468 g/mol. The Morgan fingerprint density at radius 2 is 1.94 bits per heavy atom. The first-order chi connectivity index (χ1) is 15.7. The van der Waals surface area contributed by atoms with Gasteiger partial charge in [-0.1, -0.05) is 17.7 Å². The van der Waals surface area contributed by atoms with Crippen molar-refractivity contribution in [2.75, 3.05) is 39.4 Å². The first-order valence-electron chi connectivity index (χ1n) is 10.8. The largest absolute Gasteiger partial charge is 0.379 e. The van der Waals surface area contributed by atoms with Crippen LogP contribution in [0.25, 0.3) is 5.82 Å². The number of halogens is 1. The van der Waals surface area contributed by atoms with E-state index < -0.39 is 0 Å². The molecule has 0 spiro atoms. The maximum Gasteiger partial charge on any atom is 0.170 e. The van der Waals surface area contributed by atoms with Crippen LogP contribution in [0, 0.1) is 0 Å². The highest BCUT2D eigenvalue weighted by molar-refractivity contribution is 7.80. The Kier molecular flexibility index (Phi) is 6.36. The number of hydrogen-bond acceptors (Lipinski definition) is 5. The maximum atomic E-state index is 6.07. The van der Waals surface area contributed by atoms with Gasteiger partial charge in [0.1, 0.15) is 5.82 Å². The SMILES string of the molecule is S=C1N[C@H](c2ccccn2)[C@H](c2cccn2-c2ccc(Cl)cn2)N1CCN1CCOCC1. The van der Waals surface area contributed by atoms with Gasteiger partial charge < -0.3 is 19.5 Å². The normalized spacial score (nSPS) is 21.7. The van der Waals surface area contributed by atoms with Crippen molar-refractivity contribution in [3.05, 3.63) is 77.5 Å². The molecular weight excluding hydrogens is 444 g/mol. The number of rotatable bonds is 6. The van der Waals surface area contributed by atoms with Crippen LogP contribution in [-0.4, -0.2) is 68.8 Å². The minimum atomic E-state index is -0.0608. The van der Waals surface area contributed by atoms with Crippen molar-refractivity contribution in [1.82, 2.24) is 29.7 Å². The fourth-order valence-electron chi connectivity index (χ4n) is 4.40. The molecule has 2 aliphatic heterocycles. The molecule has 3 aromatic heterocycles. The lowest BCUT2D eigenvalue weighted by atomic mass is 10.0. The molecule has 2 fully saturated rings. The average molecular weight is 469 g/mol. The number of morpholine rings is 1. The topological polar surface area (TPSA) is 58.5 Å². The van der Waals surface area contributed by atoms with E-state index in [2.05, 4.69) is 35.7 Å². The highest BCUT2D eigenvalue weighted by Crippen LogP contribution is 2.39. The van der Waals surface area contributed by atoms with Crippen molar-refractivity contribution >= 4 is 28.9 Å². The van der Waals surface area contributed by atoms with Gasteiger partial charge in [0.25, 0.3) is 0 Å². The molecule has 0 bridgehead atoms. The molecule has 32 heavy (non-hydrogen) atoms. The predicted molar refractivity (Wildman–Crippen MR) is 128 cm³/mol. The molecule has 0 saturated carbocycles. The summed E-state index contributed by atoms with van der Waals surface area (Å²) in [6.45, 7) is 5.22. The molecule has 5 rings (SSSR count). The molecule has 3 aromatic rings. The standard InChI is InChI=1S/C23H25ClN6OS/c24-17-6-7-20(26-16-17)29-9-3-5-19(29)22-21(18-4-1-2-8-25-18)27-23(32)30(22)11-10-28-12-14-31-15-13-28/h1-9,16,21-22H,10-15H2,(H,27,32)/t21-,22+/m1/s1. The zero-order valence-corrected chi connectivity index (χ0v) is 19.2. The van der Waals surface area contributed by atoms with Gasteiger partial charge in [0.15, 0.2) is 5.11 Å². The smallest absolute Gasteiger partial charge is 0.170 e. The number of thiocarbonyl (C=S) groups is 1. The summed E-state index contributed by atoms with van der Waals surface area (Å²) < 4.78 is 7.60. The van der Waals surface area contributed by atoms with Gasteiger partial charge in [0.2, 0.25) is 0 Å². The zero-order chi connectivity index (χ0) is 21.9. The molecule has 0 aliphatic carbocycles. The molecule has 9 heteroatoms. The van der Waals surface area contributed by atoms with Gasteiger partial charge >= 0.3 is 0 Å². The molecule has 0 radical (unpaired) electrons. The van der Waals surface area contributed by atoms with E-state index in [1.54, 1.807) is 6.20 Å². The third-order valence-electron chi connectivity index (χ3n) is 6.00. The summed E-state index contributed by atoms with van der Waals surface area (Å²) in [5.41, 5.74) is 2.07. The second kappa shape index (κ2) is 9.54. The van der Waals surface area contributed by atoms with Gasteiger partial charge in [-0.3, -0.25) is 9.88 Å². The summed E-state index contributed by atoms with van der Waals surface area (Å²) in [4.78, 5) is 13.9. The zero-order valence-electron chi connectivity index (χ0n) is 17.6. The van der Waals surface area contributed by atoms with Crippen molar-refractivity contribution in [2.45, 2.75) is 12.1 Å². The molecule has 1 N–H and O–H groups in total. The summed E-state index contributed by atoms with van der Waals surface area (Å²) in [5.74, 6) is 0.820. The third-order valence-corrected chi connectivity index (χ3v) is 6.58. The van der Waals surface area contributed by atoms with Crippen LogP contribution in [0.2, 0.25) is 5.02 Å². The Balaban J connectivity index is 1.49. The first-order valence-corrected chi connectivity index (χ1v) is 11.6. The Morgan fingerprint density at radius 3 is 2.69 bits per heavy atom. The number of pyridine rings is 2. The lowest BCUT2D eigenvalue weighted by Gasteiger charge is -2.32. The molecule has 5 heterocycles. The summed E-state index contributed by atoms with van der Waals surface area (Å²) in [5, 5.41) is 4.89. The third kappa shape index (κ3) is 4.36. The summed E-state index contributed by atoms with van der Waals surface area (Å²) in [6.07, 6.45) is 5.53. The van der Waals surface area contributed by atoms with Crippen LogP contribution >= 0.6 is 23.8 Å². The molecule has 7 nitrogen and oxygen atoms in total. The van der Waals surface area contributed by atoms with Gasteiger partial charge in [0, 0.05) is 50.5 Å². The average Bonchev–Trinajstić information content (AvgIpc) is 3.43. The van der Waals surface area contributed by atoms with E-state index in [0.29, 0.717) is 5.02 Å². The summed E-state index contributed by atoms with van der Waals surface area (Å²) in [7, 11) is 0.